The number of para-hydroxylation sites is 1. The van der Waals surface area contributed by atoms with Gasteiger partial charge in [-0.25, -0.2) is 4.98 Å². The number of nitrogens with one attached hydrogen (secondary N) is 2. The molecule has 2 saturated heterocycles. The molecule has 1 unspecified atom stereocenters. The summed E-state index contributed by atoms with van der Waals surface area (Å²) in [5.41, 5.74) is 1.39. The molecule has 188 valence electrons. The Morgan fingerprint density at radius 2 is 1.97 bits per heavy atom. The second-order valence-corrected chi connectivity index (χ2v) is 10.2. The number of hydrogen-bond acceptors (Lipinski definition) is 8. The Morgan fingerprint density at radius 3 is 2.81 bits per heavy atom. The number of amides is 1. The predicted octanol–water partition coefficient (Wildman–Crippen LogP) is 2.40. The van der Waals surface area contributed by atoms with Crippen molar-refractivity contribution in [2.24, 2.45) is 0 Å². The number of morpholine rings is 1. The number of nitrogens with zero attached hydrogens (tertiary/aromatic N) is 3. The number of thiazole rings is 1. The molecule has 1 atom stereocenters. The zero-order valence-electron chi connectivity index (χ0n) is 20.0. The molecule has 2 aliphatic rings. The van der Waals surface area contributed by atoms with Crippen molar-refractivity contribution in [3.8, 4) is 0 Å². The molecule has 0 spiro atoms. The van der Waals surface area contributed by atoms with Crippen LogP contribution in [0, 0.1) is 0 Å². The number of fused-ring (bicyclic) bond motifs is 5. The molecule has 0 aliphatic carbocycles. The van der Waals surface area contributed by atoms with Crippen LogP contribution in [0.15, 0.2) is 41.2 Å². The number of benzene rings is 1. The van der Waals surface area contributed by atoms with Crippen LogP contribution in [0.2, 0.25) is 0 Å². The molecule has 4 aromatic rings. The van der Waals surface area contributed by atoms with E-state index in [1.54, 1.807) is 6.07 Å². The molecular formula is C26H29N5O4S. The molecule has 1 aromatic carbocycles. The Bertz CT molecular complexity index is 1470. The Kier molecular flexibility index (Phi) is 6.58. The van der Waals surface area contributed by atoms with Gasteiger partial charge in [0.2, 0.25) is 5.43 Å². The van der Waals surface area contributed by atoms with Crippen molar-refractivity contribution in [3.05, 3.63) is 52.2 Å². The summed E-state index contributed by atoms with van der Waals surface area (Å²) in [5, 5.41) is 6.71. The van der Waals surface area contributed by atoms with Gasteiger partial charge in [0.05, 0.1) is 34.9 Å². The first kappa shape index (κ1) is 23.4. The number of rotatable bonds is 7. The normalized spacial score (nSPS) is 18.4. The third-order valence-corrected chi connectivity index (χ3v) is 7.96. The lowest BCUT2D eigenvalue weighted by molar-refractivity contribution is 0.0952. The standard InChI is InChI=1S/C26H29N5O4S/c32-23-18-7-8-21(30-11-14-34-15-12-30)29-24(18)31-19-5-1-2-6-20(19)36-26(31)22(23)25(33)28-10-9-27-16-17-4-3-13-35-17/h1-2,5-8,17,27H,3-4,9-16H2,(H,28,33). The SMILES string of the molecule is O=C(NCCNCC1CCCO1)c1c(=O)c2ccc(N3CCOCC3)nc2n2c1sc1ccccc12. The second-order valence-electron chi connectivity index (χ2n) is 9.15. The topological polar surface area (TPSA) is 97.2 Å². The van der Waals surface area contributed by atoms with E-state index < -0.39 is 0 Å². The van der Waals surface area contributed by atoms with Gasteiger partial charge < -0.3 is 25.0 Å². The number of carbonyl (C=O) groups excluding carboxylic acids is 1. The number of carbonyl (C=O) groups is 1. The molecule has 0 radical (unpaired) electrons. The highest BCUT2D eigenvalue weighted by Gasteiger charge is 2.23. The predicted molar refractivity (Wildman–Crippen MR) is 142 cm³/mol. The number of pyridine rings is 2. The van der Waals surface area contributed by atoms with Gasteiger partial charge in [-0.05, 0) is 37.1 Å². The maximum absolute atomic E-state index is 13.6. The van der Waals surface area contributed by atoms with E-state index in [0.29, 0.717) is 42.2 Å². The van der Waals surface area contributed by atoms with Gasteiger partial charge in [0.1, 0.15) is 16.2 Å². The van der Waals surface area contributed by atoms with Crippen LogP contribution in [0.5, 0.6) is 0 Å². The maximum atomic E-state index is 13.6. The Balaban J connectivity index is 1.35. The fourth-order valence-corrected chi connectivity index (χ4v) is 6.15. The quantitative estimate of drug-likeness (QED) is 0.371. The number of hydrogen-bond donors (Lipinski definition) is 2. The lowest BCUT2D eigenvalue weighted by Crippen LogP contribution is -2.37. The van der Waals surface area contributed by atoms with Crippen molar-refractivity contribution < 1.29 is 14.3 Å². The summed E-state index contributed by atoms with van der Waals surface area (Å²) >= 11 is 1.44. The summed E-state index contributed by atoms with van der Waals surface area (Å²) in [6, 6.07) is 11.6. The van der Waals surface area contributed by atoms with Gasteiger partial charge >= 0.3 is 0 Å². The first-order valence-corrected chi connectivity index (χ1v) is 13.3. The van der Waals surface area contributed by atoms with Crippen LogP contribution in [0.4, 0.5) is 5.82 Å². The second kappa shape index (κ2) is 10.1. The smallest absolute Gasteiger partial charge is 0.258 e. The third kappa shape index (κ3) is 4.34. The molecule has 0 saturated carbocycles. The third-order valence-electron chi connectivity index (χ3n) is 6.82. The molecule has 36 heavy (non-hydrogen) atoms. The van der Waals surface area contributed by atoms with Gasteiger partial charge in [-0.1, -0.05) is 12.1 Å². The van der Waals surface area contributed by atoms with E-state index in [9.17, 15) is 9.59 Å². The molecule has 1 amide bonds. The van der Waals surface area contributed by atoms with Crippen molar-refractivity contribution >= 4 is 49.1 Å². The summed E-state index contributed by atoms with van der Waals surface area (Å²) in [6.45, 7) is 5.44. The van der Waals surface area contributed by atoms with Gasteiger partial charge in [0, 0.05) is 39.3 Å². The van der Waals surface area contributed by atoms with Gasteiger partial charge in [-0.2, -0.15) is 0 Å². The van der Waals surface area contributed by atoms with E-state index in [2.05, 4.69) is 15.5 Å². The van der Waals surface area contributed by atoms with E-state index in [0.717, 1.165) is 55.1 Å². The molecule has 6 rings (SSSR count). The maximum Gasteiger partial charge on any atom is 0.258 e. The summed E-state index contributed by atoms with van der Waals surface area (Å²) in [4.78, 5) is 34.7. The molecular weight excluding hydrogens is 478 g/mol. The Hall–Kier alpha value is -3.05. The van der Waals surface area contributed by atoms with Crippen molar-refractivity contribution in [1.29, 1.82) is 0 Å². The Morgan fingerprint density at radius 1 is 1.11 bits per heavy atom. The molecule has 2 N–H and O–H groups in total. The van der Waals surface area contributed by atoms with Crippen LogP contribution in [-0.4, -0.2) is 73.9 Å². The van der Waals surface area contributed by atoms with Crippen LogP contribution in [0.25, 0.3) is 26.1 Å². The van der Waals surface area contributed by atoms with E-state index in [-0.39, 0.29) is 23.0 Å². The monoisotopic (exact) mass is 507 g/mol. The molecule has 5 heterocycles. The lowest BCUT2D eigenvalue weighted by Gasteiger charge is -2.27. The lowest BCUT2D eigenvalue weighted by atomic mass is 10.1. The van der Waals surface area contributed by atoms with Gasteiger partial charge in [-0.3, -0.25) is 14.0 Å². The minimum Gasteiger partial charge on any atom is -0.378 e. The minimum atomic E-state index is -0.359. The molecule has 3 aromatic heterocycles. The number of anilines is 1. The highest BCUT2D eigenvalue weighted by atomic mass is 32.1. The van der Waals surface area contributed by atoms with Crippen molar-refractivity contribution in [2.45, 2.75) is 18.9 Å². The molecule has 9 nitrogen and oxygen atoms in total. The summed E-state index contributed by atoms with van der Waals surface area (Å²) in [7, 11) is 0. The van der Waals surface area contributed by atoms with Crippen molar-refractivity contribution in [3.63, 3.8) is 0 Å². The van der Waals surface area contributed by atoms with E-state index in [1.165, 1.54) is 11.3 Å². The summed E-state index contributed by atoms with van der Waals surface area (Å²) < 4.78 is 14.1. The molecule has 0 bridgehead atoms. The van der Waals surface area contributed by atoms with Crippen LogP contribution < -0.4 is 21.0 Å². The fourth-order valence-electron chi connectivity index (χ4n) is 4.97. The van der Waals surface area contributed by atoms with Gasteiger partial charge in [0.15, 0.2) is 5.65 Å². The fraction of sp³-hybridized carbons (Fsp3) is 0.423. The number of ether oxygens (including phenoxy) is 2. The van der Waals surface area contributed by atoms with Gasteiger partial charge in [0.25, 0.3) is 5.91 Å². The van der Waals surface area contributed by atoms with Crippen molar-refractivity contribution in [1.82, 2.24) is 20.0 Å². The van der Waals surface area contributed by atoms with Gasteiger partial charge in [-0.15, -0.1) is 11.3 Å². The first-order chi connectivity index (χ1) is 17.7. The minimum absolute atomic E-state index is 0.170. The zero-order chi connectivity index (χ0) is 24.5. The zero-order valence-corrected chi connectivity index (χ0v) is 20.8. The van der Waals surface area contributed by atoms with Crippen LogP contribution in [-0.2, 0) is 9.47 Å². The van der Waals surface area contributed by atoms with E-state index >= 15 is 0 Å². The first-order valence-electron chi connectivity index (χ1n) is 12.5. The van der Waals surface area contributed by atoms with Crippen LogP contribution in [0.1, 0.15) is 23.2 Å². The summed E-state index contributed by atoms with van der Waals surface area (Å²) in [5.74, 6) is 0.450. The van der Waals surface area contributed by atoms with Crippen LogP contribution in [0.3, 0.4) is 0 Å². The molecule has 10 heteroatoms. The average Bonchev–Trinajstić information content (AvgIpc) is 3.57. The average molecular weight is 508 g/mol. The Labute approximate surface area is 212 Å². The largest absolute Gasteiger partial charge is 0.378 e. The van der Waals surface area contributed by atoms with E-state index in [1.807, 2.05) is 34.7 Å². The molecule has 2 aliphatic heterocycles. The highest BCUT2D eigenvalue weighted by molar-refractivity contribution is 7.24. The number of aromatic nitrogens is 2. The van der Waals surface area contributed by atoms with E-state index in [4.69, 9.17) is 14.5 Å². The molecule has 2 fully saturated rings. The highest BCUT2D eigenvalue weighted by Crippen LogP contribution is 2.31. The van der Waals surface area contributed by atoms with Crippen molar-refractivity contribution in [2.75, 3.05) is 57.4 Å². The van der Waals surface area contributed by atoms with Crippen LogP contribution >= 0.6 is 11.3 Å². The summed E-state index contributed by atoms with van der Waals surface area (Å²) in [6.07, 6.45) is 2.42.